The Bertz CT molecular complexity index is 314. The topological polar surface area (TPSA) is 40.5 Å². The van der Waals surface area contributed by atoms with Crippen molar-refractivity contribution in [3.05, 3.63) is 0 Å². The van der Waals surface area contributed by atoms with E-state index in [2.05, 4.69) is 4.90 Å². The van der Waals surface area contributed by atoms with Crippen LogP contribution in [0.5, 0.6) is 0 Å². The quantitative estimate of drug-likeness (QED) is 0.836. The number of aliphatic hydroxyl groups is 1. The zero-order valence-corrected chi connectivity index (χ0v) is 11.2. The Morgan fingerprint density at radius 3 is 2.56 bits per heavy atom. The standard InChI is InChI=1S/C15H25NO2/c17-14-6-3-4-12(14)13-5-1-2-9-16(13)15(18)10-11-7-8-11/h11-14,17H,1-10H2. The van der Waals surface area contributed by atoms with Gasteiger partial charge in [0.2, 0.25) is 5.91 Å². The van der Waals surface area contributed by atoms with Crippen molar-refractivity contribution in [2.75, 3.05) is 6.54 Å². The fraction of sp³-hybridized carbons (Fsp3) is 0.933. The Labute approximate surface area is 110 Å². The Kier molecular flexibility index (Phi) is 3.60. The third kappa shape index (κ3) is 2.56. The number of hydrogen-bond acceptors (Lipinski definition) is 2. The van der Waals surface area contributed by atoms with Crippen LogP contribution >= 0.6 is 0 Å². The van der Waals surface area contributed by atoms with Crippen LogP contribution in [-0.2, 0) is 4.79 Å². The lowest BCUT2D eigenvalue weighted by Gasteiger charge is -2.40. The van der Waals surface area contributed by atoms with Crippen molar-refractivity contribution >= 4 is 5.91 Å². The molecule has 3 unspecified atom stereocenters. The number of hydrogen-bond donors (Lipinski definition) is 1. The molecule has 2 aliphatic carbocycles. The van der Waals surface area contributed by atoms with E-state index in [0.29, 0.717) is 23.8 Å². The molecule has 3 atom stereocenters. The van der Waals surface area contributed by atoms with Gasteiger partial charge in [-0.1, -0.05) is 6.42 Å². The van der Waals surface area contributed by atoms with E-state index >= 15 is 0 Å². The second-order valence-electron chi connectivity index (χ2n) is 6.46. The normalized spacial score (nSPS) is 36.9. The van der Waals surface area contributed by atoms with Crippen molar-refractivity contribution in [1.29, 1.82) is 0 Å². The molecule has 2 saturated carbocycles. The second-order valence-corrected chi connectivity index (χ2v) is 6.46. The maximum atomic E-state index is 12.4. The molecule has 3 heteroatoms. The summed E-state index contributed by atoms with van der Waals surface area (Å²) >= 11 is 0. The highest BCUT2D eigenvalue weighted by molar-refractivity contribution is 5.77. The average molecular weight is 251 g/mol. The van der Waals surface area contributed by atoms with Crippen LogP contribution in [0.4, 0.5) is 0 Å². The van der Waals surface area contributed by atoms with Crippen molar-refractivity contribution in [2.45, 2.75) is 69.9 Å². The fourth-order valence-electron chi connectivity index (χ4n) is 3.82. The molecule has 1 heterocycles. The van der Waals surface area contributed by atoms with Crippen LogP contribution in [0.2, 0.25) is 0 Å². The highest BCUT2D eigenvalue weighted by Gasteiger charge is 2.39. The van der Waals surface area contributed by atoms with Crippen molar-refractivity contribution in [3.8, 4) is 0 Å². The lowest BCUT2D eigenvalue weighted by Crippen LogP contribution is -2.49. The highest BCUT2D eigenvalue weighted by Crippen LogP contribution is 2.37. The number of nitrogens with zero attached hydrogens (tertiary/aromatic N) is 1. The average Bonchev–Trinajstić information content (AvgIpc) is 3.09. The number of carbonyl (C=O) groups excluding carboxylic acids is 1. The van der Waals surface area contributed by atoms with Gasteiger partial charge in [-0.15, -0.1) is 0 Å². The molecule has 1 aliphatic heterocycles. The van der Waals surface area contributed by atoms with Gasteiger partial charge in [0.25, 0.3) is 0 Å². The molecule has 3 fully saturated rings. The van der Waals surface area contributed by atoms with Gasteiger partial charge in [-0.3, -0.25) is 4.79 Å². The molecule has 18 heavy (non-hydrogen) atoms. The van der Waals surface area contributed by atoms with E-state index in [9.17, 15) is 9.90 Å². The minimum atomic E-state index is -0.163. The number of likely N-dealkylation sites (tertiary alicyclic amines) is 1. The van der Waals surface area contributed by atoms with E-state index in [1.807, 2.05) is 0 Å². The summed E-state index contributed by atoms with van der Waals surface area (Å²) in [4.78, 5) is 14.5. The largest absolute Gasteiger partial charge is 0.393 e. The third-order valence-corrected chi connectivity index (χ3v) is 5.06. The van der Waals surface area contributed by atoms with Crippen LogP contribution in [0.3, 0.4) is 0 Å². The maximum absolute atomic E-state index is 12.4. The van der Waals surface area contributed by atoms with Gasteiger partial charge in [-0.05, 0) is 50.9 Å². The van der Waals surface area contributed by atoms with E-state index in [1.165, 1.54) is 19.3 Å². The van der Waals surface area contributed by atoms with E-state index in [0.717, 1.165) is 45.1 Å². The van der Waals surface area contributed by atoms with Crippen LogP contribution in [0.1, 0.15) is 57.8 Å². The summed E-state index contributed by atoms with van der Waals surface area (Å²) in [6.45, 7) is 0.930. The number of rotatable bonds is 3. The summed E-state index contributed by atoms with van der Waals surface area (Å²) in [5.74, 6) is 1.39. The highest BCUT2D eigenvalue weighted by atomic mass is 16.3. The molecular formula is C15H25NO2. The van der Waals surface area contributed by atoms with Crippen molar-refractivity contribution in [1.82, 2.24) is 4.90 Å². The Balaban J connectivity index is 1.66. The van der Waals surface area contributed by atoms with Crippen LogP contribution < -0.4 is 0 Å². The molecule has 1 saturated heterocycles. The minimum Gasteiger partial charge on any atom is -0.393 e. The Morgan fingerprint density at radius 1 is 1.06 bits per heavy atom. The predicted octanol–water partition coefficient (Wildman–Crippen LogP) is 2.33. The van der Waals surface area contributed by atoms with Gasteiger partial charge in [0.15, 0.2) is 0 Å². The summed E-state index contributed by atoms with van der Waals surface area (Å²) in [5, 5.41) is 10.1. The van der Waals surface area contributed by atoms with Gasteiger partial charge >= 0.3 is 0 Å². The number of piperidine rings is 1. The molecule has 0 spiro atoms. The molecule has 102 valence electrons. The Hall–Kier alpha value is -0.570. The molecule has 0 bridgehead atoms. The Morgan fingerprint density at radius 2 is 1.89 bits per heavy atom. The van der Waals surface area contributed by atoms with Crippen molar-refractivity contribution in [3.63, 3.8) is 0 Å². The number of amides is 1. The van der Waals surface area contributed by atoms with E-state index < -0.39 is 0 Å². The van der Waals surface area contributed by atoms with Crippen LogP contribution in [-0.4, -0.2) is 34.6 Å². The smallest absolute Gasteiger partial charge is 0.223 e. The van der Waals surface area contributed by atoms with Crippen LogP contribution in [0, 0.1) is 11.8 Å². The molecular weight excluding hydrogens is 226 g/mol. The predicted molar refractivity (Wildman–Crippen MR) is 70.0 cm³/mol. The number of aliphatic hydroxyl groups excluding tert-OH is 1. The second kappa shape index (κ2) is 5.20. The summed E-state index contributed by atoms with van der Waals surface area (Å²) < 4.78 is 0. The fourth-order valence-corrected chi connectivity index (χ4v) is 3.82. The van der Waals surface area contributed by atoms with Crippen LogP contribution in [0.25, 0.3) is 0 Å². The SMILES string of the molecule is O=C(CC1CC1)N1CCCCC1C1CCCC1O. The first kappa shape index (κ1) is 12.5. The van der Waals surface area contributed by atoms with E-state index in [-0.39, 0.29) is 6.10 Å². The summed E-state index contributed by atoms with van der Waals surface area (Å²) in [7, 11) is 0. The van der Waals surface area contributed by atoms with Gasteiger partial charge in [-0.25, -0.2) is 0 Å². The molecule has 1 N–H and O–H groups in total. The van der Waals surface area contributed by atoms with Gasteiger partial charge < -0.3 is 10.0 Å². The molecule has 0 aromatic heterocycles. The van der Waals surface area contributed by atoms with E-state index in [1.54, 1.807) is 0 Å². The molecule has 3 aliphatic rings. The third-order valence-electron chi connectivity index (χ3n) is 5.06. The van der Waals surface area contributed by atoms with Gasteiger partial charge in [0.05, 0.1) is 6.10 Å². The first-order valence-corrected chi connectivity index (χ1v) is 7.73. The maximum Gasteiger partial charge on any atom is 0.223 e. The van der Waals surface area contributed by atoms with Gasteiger partial charge in [0.1, 0.15) is 0 Å². The van der Waals surface area contributed by atoms with Crippen molar-refractivity contribution in [2.24, 2.45) is 11.8 Å². The zero-order chi connectivity index (χ0) is 12.5. The lowest BCUT2D eigenvalue weighted by atomic mass is 9.87. The lowest BCUT2D eigenvalue weighted by molar-refractivity contribution is -0.137. The monoisotopic (exact) mass is 251 g/mol. The minimum absolute atomic E-state index is 0.163. The summed E-state index contributed by atoms with van der Waals surface area (Å²) in [5.41, 5.74) is 0. The molecule has 3 rings (SSSR count). The summed E-state index contributed by atoms with van der Waals surface area (Å²) in [6.07, 6.45) is 9.75. The number of carbonyl (C=O) groups is 1. The van der Waals surface area contributed by atoms with Gasteiger partial charge in [0, 0.05) is 24.9 Å². The molecule has 0 aromatic rings. The molecule has 1 amide bonds. The van der Waals surface area contributed by atoms with Crippen molar-refractivity contribution < 1.29 is 9.90 Å². The first-order valence-electron chi connectivity index (χ1n) is 7.73. The van der Waals surface area contributed by atoms with Gasteiger partial charge in [-0.2, -0.15) is 0 Å². The first-order chi connectivity index (χ1) is 8.75. The summed E-state index contributed by atoms with van der Waals surface area (Å²) in [6, 6.07) is 0.336. The molecule has 0 aromatic carbocycles. The zero-order valence-electron chi connectivity index (χ0n) is 11.2. The van der Waals surface area contributed by atoms with Crippen LogP contribution in [0.15, 0.2) is 0 Å². The van der Waals surface area contributed by atoms with E-state index in [4.69, 9.17) is 0 Å². The molecule has 0 radical (unpaired) electrons. The molecule has 3 nitrogen and oxygen atoms in total.